The molecule has 0 aliphatic rings. The molecule has 3 nitrogen and oxygen atoms in total. The maximum Gasteiger partial charge on any atom is 0.225 e. The predicted molar refractivity (Wildman–Crippen MR) is 34.9 cm³/mol. The van der Waals surface area contributed by atoms with Gasteiger partial charge in [0.1, 0.15) is 0 Å². The van der Waals surface area contributed by atoms with Crippen molar-refractivity contribution < 1.29 is 13.6 Å². The topological polar surface area (TPSA) is 52.3 Å². The van der Waals surface area contributed by atoms with Crippen molar-refractivity contribution in [3.63, 3.8) is 0 Å². The molecule has 2 N–H and O–H groups in total. The minimum Gasteiger partial charge on any atom is -0.384 e. The maximum atomic E-state index is 10.7. The summed E-state index contributed by atoms with van der Waals surface area (Å²) < 4.78 is 24.6. The molecule has 3 heteroatoms. The highest BCUT2D eigenvalue weighted by molar-refractivity contribution is 5.79. The van der Waals surface area contributed by atoms with Gasteiger partial charge in [0, 0.05) is 7.04 Å². The molecule has 0 bridgehead atoms. The van der Waals surface area contributed by atoms with E-state index < -0.39 is 18.4 Å². The van der Waals surface area contributed by atoms with Crippen LogP contribution >= 0.6 is 0 Å². The van der Waals surface area contributed by atoms with E-state index in [1.54, 1.807) is 0 Å². The zero-order valence-corrected chi connectivity index (χ0v) is 5.60. The molecule has 0 saturated heterocycles. The molecule has 1 amide bonds. The Morgan fingerprint density at radius 1 is 1.89 bits per heavy atom. The van der Waals surface area contributed by atoms with E-state index in [2.05, 4.69) is 4.74 Å². The van der Waals surface area contributed by atoms with Crippen molar-refractivity contribution >= 4 is 5.91 Å². The molecule has 9 heavy (non-hydrogen) atoms. The van der Waals surface area contributed by atoms with Gasteiger partial charge in [0.2, 0.25) is 5.91 Å². The van der Waals surface area contributed by atoms with Crippen LogP contribution in [-0.4, -0.2) is 19.6 Å². The van der Waals surface area contributed by atoms with Crippen molar-refractivity contribution in [3.8, 4) is 0 Å². The number of carbonyl (C=O) groups excluding carboxylic acids is 1. The molecule has 0 aromatic rings. The number of carbonyl (C=O) groups is 1. The smallest absolute Gasteiger partial charge is 0.225 e. The molecule has 0 heterocycles. The number of hydrogen-bond donors (Lipinski definition) is 1. The van der Waals surface area contributed by atoms with Crippen LogP contribution < -0.4 is 5.73 Å². The quantitative estimate of drug-likeness (QED) is 0.597. The van der Waals surface area contributed by atoms with Gasteiger partial charge in [-0.3, -0.25) is 4.79 Å². The van der Waals surface area contributed by atoms with Crippen molar-refractivity contribution in [3.05, 3.63) is 0 Å². The number of hydrogen-bond acceptors (Lipinski definition) is 2. The molecule has 0 aliphatic heterocycles. The fourth-order valence-electron chi connectivity index (χ4n) is 0.252. The highest BCUT2D eigenvalue weighted by Gasteiger charge is 2.24. The van der Waals surface area contributed by atoms with Crippen molar-refractivity contribution in [2.24, 2.45) is 11.1 Å². The van der Waals surface area contributed by atoms with Crippen LogP contribution in [0.5, 0.6) is 0 Å². The zero-order valence-electron chi connectivity index (χ0n) is 8.60. The second-order valence-corrected chi connectivity index (χ2v) is 2.54. The van der Waals surface area contributed by atoms with E-state index in [4.69, 9.17) is 9.85 Å². The second-order valence-electron chi connectivity index (χ2n) is 2.54. The third-order valence-electron chi connectivity index (χ3n) is 1.10. The third-order valence-corrected chi connectivity index (χ3v) is 1.10. The first-order valence-electron chi connectivity index (χ1n) is 4.09. The zero-order chi connectivity index (χ0) is 9.99. The molecule has 0 aromatic heterocycles. The number of primary amides is 1. The van der Waals surface area contributed by atoms with Crippen molar-refractivity contribution in [2.45, 2.75) is 13.8 Å². The molecule has 0 rings (SSSR count). The molecule has 0 unspecified atom stereocenters. The minimum atomic E-state index is -2.47. The lowest BCUT2D eigenvalue weighted by Crippen LogP contribution is -2.35. The Morgan fingerprint density at radius 3 is 2.78 bits per heavy atom. The summed E-state index contributed by atoms with van der Waals surface area (Å²) in [6.07, 6.45) is 0. The number of nitrogens with two attached hydrogens (primary N) is 1. The first-order valence-corrected chi connectivity index (χ1v) is 2.59. The largest absolute Gasteiger partial charge is 0.384 e. The summed E-state index contributed by atoms with van der Waals surface area (Å²) in [5, 5.41) is 0. The van der Waals surface area contributed by atoms with Gasteiger partial charge in [-0.15, -0.1) is 0 Å². The fourth-order valence-corrected chi connectivity index (χ4v) is 0.252. The highest BCUT2D eigenvalue weighted by atomic mass is 16.5. The van der Waals surface area contributed by atoms with E-state index in [1.807, 2.05) is 0 Å². The van der Waals surface area contributed by atoms with E-state index in [9.17, 15) is 4.79 Å². The summed E-state index contributed by atoms with van der Waals surface area (Å²) in [6, 6.07) is 0. The van der Waals surface area contributed by atoms with Crippen molar-refractivity contribution in [2.75, 3.05) is 13.6 Å². The molecule has 0 aliphatic carbocycles. The first kappa shape index (κ1) is 4.28. The Bertz CT molecular complexity index is 176. The van der Waals surface area contributed by atoms with Gasteiger partial charge in [0.15, 0.2) is 0 Å². The summed E-state index contributed by atoms with van der Waals surface area (Å²) in [4.78, 5) is 10.7. The van der Waals surface area contributed by atoms with Gasteiger partial charge in [-0.05, 0) is 13.8 Å². The van der Waals surface area contributed by atoms with Gasteiger partial charge in [-0.2, -0.15) is 0 Å². The van der Waals surface area contributed by atoms with Crippen LogP contribution in [0.25, 0.3) is 0 Å². The monoisotopic (exact) mass is 134 g/mol. The van der Waals surface area contributed by atoms with Crippen LogP contribution in [-0.2, 0) is 9.53 Å². The van der Waals surface area contributed by atoms with Crippen molar-refractivity contribution in [1.29, 1.82) is 0 Å². The molecule has 0 aromatic carbocycles. The van der Waals surface area contributed by atoms with Gasteiger partial charge in [-0.1, -0.05) is 0 Å². The highest BCUT2D eigenvalue weighted by Crippen LogP contribution is 2.12. The van der Waals surface area contributed by atoms with Gasteiger partial charge >= 0.3 is 0 Å². The molecule has 0 fully saturated rings. The fraction of sp³-hybridized carbons (Fsp3) is 0.833. The number of methoxy groups -OCH3 is 1. The number of ether oxygens (including phenoxy) is 1. The summed E-state index contributed by atoms with van der Waals surface area (Å²) in [7, 11) is -2.47. The van der Waals surface area contributed by atoms with Crippen LogP contribution in [0.2, 0.25) is 0 Å². The van der Waals surface area contributed by atoms with Crippen LogP contribution in [0.15, 0.2) is 0 Å². The number of amides is 1. The Labute approximate surface area is 59.4 Å². The lowest BCUT2D eigenvalue weighted by Gasteiger charge is -2.17. The molecule has 0 spiro atoms. The molecule has 0 radical (unpaired) electrons. The minimum absolute atomic E-state index is 0.196. The second kappa shape index (κ2) is 2.82. The summed E-state index contributed by atoms with van der Waals surface area (Å²) >= 11 is 0. The lowest BCUT2D eigenvalue weighted by molar-refractivity contribution is -0.128. The summed E-state index contributed by atoms with van der Waals surface area (Å²) in [5.41, 5.74) is 4.06. The Hall–Kier alpha value is -0.570. The summed E-state index contributed by atoms with van der Waals surface area (Å²) in [5.74, 6) is -0.577. The average molecular weight is 134 g/mol. The normalized spacial score (nSPS) is 17.8. The maximum absolute atomic E-state index is 10.7. The molecule has 0 saturated carbocycles. The SMILES string of the molecule is [2H]C([2H])([2H])OCC(C)(C)C(N)=O. The lowest BCUT2D eigenvalue weighted by atomic mass is 9.94. The molecular weight excluding hydrogens is 118 g/mol. The van der Waals surface area contributed by atoms with Gasteiger partial charge < -0.3 is 10.5 Å². The summed E-state index contributed by atoms with van der Waals surface area (Å²) in [6.45, 7) is 2.86. The van der Waals surface area contributed by atoms with Gasteiger partial charge in [0.05, 0.1) is 16.1 Å². The molecule has 0 atom stereocenters. The predicted octanol–water partition coefficient (Wildman–Crippen LogP) is 0.144. The van der Waals surface area contributed by atoms with Crippen LogP contribution in [0.3, 0.4) is 0 Å². The average Bonchev–Trinajstić information content (AvgIpc) is 1.82. The van der Waals surface area contributed by atoms with Crippen LogP contribution in [0.4, 0.5) is 0 Å². The third kappa shape index (κ3) is 2.46. The van der Waals surface area contributed by atoms with Crippen LogP contribution in [0.1, 0.15) is 18.0 Å². The van der Waals surface area contributed by atoms with Crippen LogP contribution in [0, 0.1) is 5.41 Å². The standard InChI is InChI=1S/C6H13NO2/c1-6(2,4-9-3)5(7)8/h4H2,1-3H3,(H2,7,8)/i3D3. The Kier molecular flexibility index (Phi) is 1.34. The number of rotatable bonds is 3. The first-order chi connectivity index (χ1) is 5.15. The van der Waals surface area contributed by atoms with Gasteiger partial charge in [0.25, 0.3) is 0 Å². The molecule has 54 valence electrons. The Morgan fingerprint density at radius 2 is 2.44 bits per heavy atom. The van der Waals surface area contributed by atoms with E-state index in [0.29, 0.717) is 0 Å². The Balaban J connectivity index is 4.01. The van der Waals surface area contributed by atoms with E-state index in [-0.39, 0.29) is 6.61 Å². The van der Waals surface area contributed by atoms with E-state index in [0.717, 1.165) is 0 Å². The van der Waals surface area contributed by atoms with E-state index in [1.165, 1.54) is 13.8 Å². The van der Waals surface area contributed by atoms with E-state index >= 15 is 0 Å². The van der Waals surface area contributed by atoms with Crippen molar-refractivity contribution in [1.82, 2.24) is 0 Å². The van der Waals surface area contributed by atoms with Gasteiger partial charge in [-0.25, -0.2) is 0 Å². The molecular formula is C6H13NO2.